The molecule has 0 bridgehead atoms. The Labute approximate surface area is 163 Å². The first-order valence-electron chi connectivity index (χ1n) is 8.34. The number of halogens is 2. The molecule has 0 aliphatic carbocycles. The predicted octanol–water partition coefficient (Wildman–Crippen LogP) is 5.97. The summed E-state index contributed by atoms with van der Waals surface area (Å²) in [6.07, 6.45) is 1.04. The van der Waals surface area contributed by atoms with Crippen molar-refractivity contribution in [2.45, 2.75) is 45.9 Å². The van der Waals surface area contributed by atoms with Crippen LogP contribution in [0.15, 0.2) is 40.9 Å². The molecule has 0 spiro atoms. The molecule has 0 amide bonds. The van der Waals surface area contributed by atoms with Gasteiger partial charge in [-0.05, 0) is 50.1 Å². The van der Waals surface area contributed by atoms with Crippen LogP contribution in [0, 0.1) is 0 Å². The lowest BCUT2D eigenvalue weighted by atomic mass is 10.0. The molecule has 0 aliphatic rings. The van der Waals surface area contributed by atoms with Crippen LogP contribution in [0.25, 0.3) is 0 Å². The number of hydrogen-bond donors (Lipinski definition) is 1. The summed E-state index contributed by atoms with van der Waals surface area (Å²) in [6.45, 7) is 7.69. The Morgan fingerprint density at radius 3 is 2.40 bits per heavy atom. The van der Waals surface area contributed by atoms with Crippen LogP contribution in [-0.2, 0) is 13.2 Å². The quantitative estimate of drug-likeness (QED) is 0.564. The third-order valence-electron chi connectivity index (χ3n) is 4.31. The first kappa shape index (κ1) is 20.1. The maximum atomic E-state index is 6.13. The van der Waals surface area contributed by atoms with E-state index in [0.29, 0.717) is 13.2 Å². The zero-order valence-electron chi connectivity index (χ0n) is 15.2. The molecular formula is C20H25BrClNO2. The fraction of sp³-hybridized carbons (Fsp3) is 0.400. The lowest BCUT2D eigenvalue weighted by Crippen LogP contribution is -2.38. The molecule has 25 heavy (non-hydrogen) atoms. The highest BCUT2D eigenvalue weighted by molar-refractivity contribution is 9.10. The van der Waals surface area contributed by atoms with Gasteiger partial charge in [0.05, 0.1) is 7.11 Å². The van der Waals surface area contributed by atoms with Gasteiger partial charge >= 0.3 is 0 Å². The molecule has 3 nitrogen and oxygen atoms in total. The van der Waals surface area contributed by atoms with E-state index >= 15 is 0 Å². The van der Waals surface area contributed by atoms with Crippen LogP contribution in [0.1, 0.15) is 38.3 Å². The van der Waals surface area contributed by atoms with Crippen LogP contribution in [0.4, 0.5) is 0 Å². The van der Waals surface area contributed by atoms with Crippen LogP contribution < -0.4 is 14.8 Å². The fourth-order valence-electron chi connectivity index (χ4n) is 2.25. The van der Waals surface area contributed by atoms with Crippen molar-refractivity contribution in [2.24, 2.45) is 0 Å². The molecule has 136 valence electrons. The summed E-state index contributed by atoms with van der Waals surface area (Å²) in [4.78, 5) is 0. The molecule has 0 heterocycles. The Kier molecular flexibility index (Phi) is 7.17. The molecule has 0 atom stereocenters. The van der Waals surface area contributed by atoms with Crippen molar-refractivity contribution in [3.05, 3.63) is 57.0 Å². The maximum absolute atomic E-state index is 6.13. The Morgan fingerprint density at radius 1 is 1.12 bits per heavy atom. The molecule has 0 aliphatic heterocycles. The van der Waals surface area contributed by atoms with E-state index in [4.69, 9.17) is 21.1 Å². The third-order valence-corrected chi connectivity index (χ3v) is 5.31. The Morgan fingerprint density at radius 2 is 1.80 bits per heavy atom. The SMILES string of the molecule is CCC(C)(C)NCc1c(Br)ccc(OC)c1OCc1ccc(Cl)cc1. The van der Waals surface area contributed by atoms with E-state index in [-0.39, 0.29) is 5.54 Å². The Balaban J connectivity index is 2.24. The summed E-state index contributed by atoms with van der Waals surface area (Å²) in [5.41, 5.74) is 2.16. The summed E-state index contributed by atoms with van der Waals surface area (Å²) in [5, 5.41) is 4.30. The predicted molar refractivity (Wildman–Crippen MR) is 108 cm³/mol. The second kappa shape index (κ2) is 8.93. The van der Waals surface area contributed by atoms with E-state index in [2.05, 4.69) is 42.0 Å². The minimum absolute atomic E-state index is 0.0516. The van der Waals surface area contributed by atoms with E-state index in [9.17, 15) is 0 Å². The van der Waals surface area contributed by atoms with Gasteiger partial charge in [0.15, 0.2) is 11.5 Å². The van der Waals surface area contributed by atoms with Crippen LogP contribution in [0.2, 0.25) is 5.02 Å². The molecule has 2 rings (SSSR count). The van der Waals surface area contributed by atoms with Gasteiger partial charge in [0.1, 0.15) is 6.61 Å². The lowest BCUT2D eigenvalue weighted by Gasteiger charge is -2.26. The average Bonchev–Trinajstić information content (AvgIpc) is 2.60. The van der Waals surface area contributed by atoms with Gasteiger partial charge in [-0.3, -0.25) is 0 Å². The first-order chi connectivity index (χ1) is 11.9. The minimum Gasteiger partial charge on any atom is -0.493 e. The van der Waals surface area contributed by atoms with E-state index in [1.807, 2.05) is 36.4 Å². The third kappa shape index (κ3) is 5.63. The molecule has 0 saturated carbocycles. The molecule has 0 fully saturated rings. The molecule has 0 aromatic heterocycles. The molecular weight excluding hydrogens is 402 g/mol. The van der Waals surface area contributed by atoms with Crippen molar-refractivity contribution in [1.29, 1.82) is 0 Å². The smallest absolute Gasteiger partial charge is 0.167 e. The molecule has 2 aromatic rings. The number of ether oxygens (including phenoxy) is 2. The number of rotatable bonds is 8. The average molecular weight is 427 g/mol. The molecule has 0 unspecified atom stereocenters. The fourth-order valence-corrected chi connectivity index (χ4v) is 2.83. The van der Waals surface area contributed by atoms with Gasteiger partial charge in [-0.1, -0.05) is 46.6 Å². The summed E-state index contributed by atoms with van der Waals surface area (Å²) in [5.74, 6) is 1.48. The number of methoxy groups -OCH3 is 1. The highest BCUT2D eigenvalue weighted by Crippen LogP contribution is 2.37. The minimum atomic E-state index is 0.0516. The van der Waals surface area contributed by atoms with Crippen molar-refractivity contribution in [2.75, 3.05) is 7.11 Å². The van der Waals surface area contributed by atoms with Crippen molar-refractivity contribution < 1.29 is 9.47 Å². The zero-order valence-corrected chi connectivity index (χ0v) is 17.5. The molecule has 0 radical (unpaired) electrons. The Bertz CT molecular complexity index is 702. The molecule has 1 N–H and O–H groups in total. The monoisotopic (exact) mass is 425 g/mol. The summed E-state index contributed by atoms with van der Waals surface area (Å²) >= 11 is 9.59. The maximum Gasteiger partial charge on any atom is 0.167 e. The van der Waals surface area contributed by atoms with E-state index in [1.54, 1.807) is 7.11 Å². The molecule has 0 saturated heterocycles. The highest BCUT2D eigenvalue weighted by Gasteiger charge is 2.19. The number of benzene rings is 2. The van der Waals surface area contributed by atoms with Gasteiger partial charge in [-0.25, -0.2) is 0 Å². The highest BCUT2D eigenvalue weighted by atomic mass is 79.9. The van der Waals surface area contributed by atoms with Crippen LogP contribution in [0.5, 0.6) is 11.5 Å². The van der Waals surface area contributed by atoms with E-state index in [1.165, 1.54) is 0 Å². The normalized spacial score (nSPS) is 11.4. The second-order valence-corrected chi connectivity index (χ2v) is 7.85. The van der Waals surface area contributed by atoms with Crippen LogP contribution in [0.3, 0.4) is 0 Å². The standard InChI is InChI=1S/C20H25BrClNO2/c1-5-20(2,3)23-12-16-17(21)10-11-18(24-4)19(16)25-13-14-6-8-15(22)9-7-14/h6-11,23H,5,12-13H2,1-4H3. The largest absolute Gasteiger partial charge is 0.493 e. The van der Waals surface area contributed by atoms with Crippen LogP contribution in [-0.4, -0.2) is 12.6 Å². The van der Waals surface area contributed by atoms with Gasteiger partial charge in [-0.15, -0.1) is 0 Å². The van der Waals surface area contributed by atoms with Gasteiger partial charge in [0, 0.05) is 27.1 Å². The van der Waals surface area contributed by atoms with Crippen molar-refractivity contribution in [3.8, 4) is 11.5 Å². The molecule has 2 aromatic carbocycles. The topological polar surface area (TPSA) is 30.5 Å². The van der Waals surface area contributed by atoms with Gasteiger partial charge in [0.2, 0.25) is 0 Å². The van der Waals surface area contributed by atoms with Crippen molar-refractivity contribution in [3.63, 3.8) is 0 Å². The zero-order chi connectivity index (χ0) is 18.4. The van der Waals surface area contributed by atoms with Gasteiger partial charge in [-0.2, -0.15) is 0 Å². The summed E-state index contributed by atoms with van der Waals surface area (Å²) < 4.78 is 12.6. The van der Waals surface area contributed by atoms with Crippen molar-refractivity contribution in [1.82, 2.24) is 5.32 Å². The number of hydrogen-bond acceptors (Lipinski definition) is 3. The Hall–Kier alpha value is -1.23. The number of nitrogens with one attached hydrogen (secondary N) is 1. The second-order valence-electron chi connectivity index (χ2n) is 6.56. The first-order valence-corrected chi connectivity index (χ1v) is 9.51. The molecule has 5 heteroatoms. The summed E-state index contributed by atoms with van der Waals surface area (Å²) in [7, 11) is 1.66. The van der Waals surface area contributed by atoms with Crippen LogP contribution >= 0.6 is 27.5 Å². The van der Waals surface area contributed by atoms with Gasteiger partial charge < -0.3 is 14.8 Å². The van der Waals surface area contributed by atoms with E-state index < -0.39 is 0 Å². The van der Waals surface area contributed by atoms with Gasteiger partial charge in [0.25, 0.3) is 0 Å². The van der Waals surface area contributed by atoms with Crippen molar-refractivity contribution >= 4 is 27.5 Å². The van der Waals surface area contributed by atoms with E-state index in [0.717, 1.165) is 38.5 Å². The lowest BCUT2D eigenvalue weighted by molar-refractivity contribution is 0.278. The summed E-state index contributed by atoms with van der Waals surface area (Å²) in [6, 6.07) is 11.6.